The summed E-state index contributed by atoms with van der Waals surface area (Å²) in [7, 11) is 0. The number of rotatable bonds is 5. The Morgan fingerprint density at radius 3 is 2.08 bits per heavy atom. The van der Waals surface area contributed by atoms with Crippen LogP contribution in [0.1, 0.15) is 26.3 Å². The van der Waals surface area contributed by atoms with Crippen molar-refractivity contribution in [1.82, 2.24) is 9.97 Å². The molecule has 0 amide bonds. The van der Waals surface area contributed by atoms with Crippen molar-refractivity contribution in [3.8, 4) is 5.75 Å². The van der Waals surface area contributed by atoms with Crippen molar-refractivity contribution >= 4 is 11.8 Å². The van der Waals surface area contributed by atoms with Crippen LogP contribution in [0.2, 0.25) is 0 Å². The molecule has 25 heavy (non-hydrogen) atoms. The van der Waals surface area contributed by atoms with E-state index in [0.29, 0.717) is 11.3 Å². The molecule has 0 spiro atoms. The monoisotopic (exact) mass is 372 g/mol. The fraction of sp³-hybridized carbons (Fsp3) is 0.412. The van der Waals surface area contributed by atoms with Crippen LogP contribution in [0.3, 0.4) is 0 Å². The van der Waals surface area contributed by atoms with Gasteiger partial charge in [0.2, 0.25) is 0 Å². The van der Waals surface area contributed by atoms with Crippen molar-refractivity contribution < 1.29 is 23.0 Å². The van der Waals surface area contributed by atoms with Gasteiger partial charge in [-0.2, -0.15) is 13.2 Å². The average molecular weight is 372 g/mol. The van der Waals surface area contributed by atoms with Gasteiger partial charge in [0.15, 0.2) is 0 Å². The lowest BCUT2D eigenvalue weighted by atomic mass is 9.73. The average Bonchev–Trinajstić information content (AvgIpc) is 2.52. The highest BCUT2D eigenvalue weighted by atomic mass is 32.2. The second kappa shape index (κ2) is 7.21. The predicted octanol–water partition coefficient (Wildman–Crippen LogP) is 4.40. The summed E-state index contributed by atoms with van der Waals surface area (Å²) in [6.45, 7) is 5.47. The molecule has 136 valence electrons. The Labute approximate surface area is 148 Å². The lowest BCUT2D eigenvalue weighted by Crippen LogP contribution is -2.45. The summed E-state index contributed by atoms with van der Waals surface area (Å²) in [5, 5.41) is 11.1. The van der Waals surface area contributed by atoms with Crippen LogP contribution in [0.25, 0.3) is 0 Å². The van der Waals surface area contributed by atoms with Crippen molar-refractivity contribution in [2.24, 2.45) is 5.41 Å². The minimum Gasteiger partial charge on any atom is -0.490 e. The number of hydrogen-bond acceptors (Lipinski definition) is 5. The number of halogens is 3. The van der Waals surface area contributed by atoms with Gasteiger partial charge in [-0.25, -0.2) is 9.97 Å². The molecule has 8 heteroatoms. The van der Waals surface area contributed by atoms with E-state index in [0.717, 1.165) is 0 Å². The molecule has 0 aliphatic heterocycles. The lowest BCUT2D eigenvalue weighted by Gasteiger charge is -2.39. The van der Waals surface area contributed by atoms with E-state index in [9.17, 15) is 18.3 Å². The van der Waals surface area contributed by atoms with E-state index >= 15 is 0 Å². The van der Waals surface area contributed by atoms with Gasteiger partial charge in [0.05, 0.1) is 0 Å². The highest BCUT2D eigenvalue weighted by Gasteiger charge is 2.43. The maximum absolute atomic E-state index is 12.4. The number of nitrogens with zero attached hydrogens (tertiary/aromatic N) is 2. The number of benzene rings is 1. The fourth-order valence-corrected chi connectivity index (χ4v) is 2.71. The second-order valence-electron chi connectivity index (χ2n) is 6.55. The smallest absolute Gasteiger partial charge is 0.446 e. The first-order valence-electron chi connectivity index (χ1n) is 7.48. The Morgan fingerprint density at radius 2 is 1.60 bits per heavy atom. The van der Waals surface area contributed by atoms with Gasteiger partial charge in [-0.3, -0.25) is 0 Å². The zero-order chi connectivity index (χ0) is 18.7. The van der Waals surface area contributed by atoms with E-state index in [-0.39, 0.29) is 23.3 Å². The third-order valence-corrected chi connectivity index (χ3v) is 4.52. The van der Waals surface area contributed by atoms with E-state index in [1.807, 2.05) is 20.8 Å². The number of aromatic nitrogens is 2. The van der Waals surface area contributed by atoms with Gasteiger partial charge < -0.3 is 9.84 Å². The van der Waals surface area contributed by atoms with Crippen LogP contribution in [0.5, 0.6) is 5.75 Å². The SMILES string of the molecule is CC(C)(C)C(O)(COc1ccc(SC(F)(F)F)cc1)c1cncnc1. The van der Waals surface area contributed by atoms with E-state index in [4.69, 9.17) is 4.74 Å². The molecule has 1 aromatic carbocycles. The first-order chi connectivity index (χ1) is 11.5. The molecule has 0 radical (unpaired) electrons. The molecule has 1 atom stereocenters. The van der Waals surface area contributed by atoms with Crippen LogP contribution in [-0.2, 0) is 5.60 Å². The molecule has 2 rings (SSSR count). The number of hydrogen-bond donors (Lipinski definition) is 1. The zero-order valence-corrected chi connectivity index (χ0v) is 14.9. The fourth-order valence-electron chi connectivity index (χ4n) is 2.17. The normalized spacial score (nSPS) is 14.8. The molecule has 1 aromatic heterocycles. The van der Waals surface area contributed by atoms with Crippen molar-refractivity contribution in [1.29, 1.82) is 0 Å². The van der Waals surface area contributed by atoms with Crippen LogP contribution in [0.4, 0.5) is 13.2 Å². The first-order valence-corrected chi connectivity index (χ1v) is 8.29. The van der Waals surface area contributed by atoms with Gasteiger partial charge in [-0.05, 0) is 41.4 Å². The minimum atomic E-state index is -4.33. The summed E-state index contributed by atoms with van der Waals surface area (Å²) in [6, 6.07) is 5.54. The Hall–Kier alpha value is -1.80. The van der Waals surface area contributed by atoms with Crippen molar-refractivity contribution in [2.45, 2.75) is 36.8 Å². The summed E-state index contributed by atoms with van der Waals surface area (Å²) in [6.07, 6.45) is 4.40. The third kappa shape index (κ3) is 5.09. The number of alkyl halides is 3. The molecule has 4 nitrogen and oxygen atoms in total. The number of ether oxygens (including phenoxy) is 1. The van der Waals surface area contributed by atoms with Gasteiger partial charge in [-0.15, -0.1) is 0 Å². The summed E-state index contributed by atoms with van der Waals surface area (Å²) >= 11 is -0.187. The van der Waals surface area contributed by atoms with Gasteiger partial charge >= 0.3 is 5.51 Å². The summed E-state index contributed by atoms with van der Waals surface area (Å²) in [4.78, 5) is 7.93. The van der Waals surface area contributed by atoms with Crippen LogP contribution in [0.15, 0.2) is 47.9 Å². The molecule has 0 fully saturated rings. The highest BCUT2D eigenvalue weighted by molar-refractivity contribution is 8.00. The molecule has 0 bridgehead atoms. The molecule has 1 heterocycles. The summed E-state index contributed by atoms with van der Waals surface area (Å²) < 4.78 is 42.7. The standard InChI is InChI=1S/C17H19F3N2O2S/c1-15(2,3)16(23,12-8-21-11-22-9-12)10-24-13-4-6-14(7-5-13)25-17(18,19)20/h4-9,11,23H,10H2,1-3H3. The molecule has 0 aliphatic rings. The molecule has 0 saturated heterocycles. The van der Waals surface area contributed by atoms with Crippen molar-refractivity contribution in [3.05, 3.63) is 48.5 Å². The maximum Gasteiger partial charge on any atom is 0.446 e. The largest absolute Gasteiger partial charge is 0.490 e. The Morgan fingerprint density at radius 1 is 1.04 bits per heavy atom. The van der Waals surface area contributed by atoms with Gasteiger partial charge in [0.25, 0.3) is 0 Å². The molecule has 1 unspecified atom stereocenters. The van der Waals surface area contributed by atoms with Crippen LogP contribution in [0, 0.1) is 5.41 Å². The Kier molecular flexibility index (Phi) is 5.63. The molecule has 0 saturated carbocycles. The molecule has 0 aliphatic carbocycles. The lowest BCUT2D eigenvalue weighted by molar-refractivity contribution is -0.0949. The second-order valence-corrected chi connectivity index (χ2v) is 7.68. The third-order valence-electron chi connectivity index (χ3n) is 3.78. The Bertz CT molecular complexity index is 688. The van der Waals surface area contributed by atoms with Crippen molar-refractivity contribution in [2.75, 3.05) is 6.61 Å². The van der Waals surface area contributed by atoms with Gasteiger partial charge in [0.1, 0.15) is 24.3 Å². The number of aliphatic hydroxyl groups is 1. The molecular formula is C17H19F3N2O2S. The minimum absolute atomic E-state index is 0.0717. The van der Waals surface area contributed by atoms with E-state index in [1.54, 1.807) is 0 Å². The van der Waals surface area contributed by atoms with Gasteiger partial charge in [-0.1, -0.05) is 20.8 Å². The maximum atomic E-state index is 12.4. The van der Waals surface area contributed by atoms with E-state index < -0.39 is 16.5 Å². The van der Waals surface area contributed by atoms with E-state index in [2.05, 4.69) is 9.97 Å². The van der Waals surface area contributed by atoms with E-state index in [1.165, 1.54) is 43.0 Å². The quantitative estimate of drug-likeness (QED) is 0.789. The molecule has 2 aromatic rings. The summed E-state index contributed by atoms with van der Waals surface area (Å²) in [5.41, 5.74) is -5.77. The van der Waals surface area contributed by atoms with Crippen molar-refractivity contribution in [3.63, 3.8) is 0 Å². The highest BCUT2D eigenvalue weighted by Crippen LogP contribution is 2.40. The van der Waals surface area contributed by atoms with Gasteiger partial charge in [0, 0.05) is 22.9 Å². The van der Waals surface area contributed by atoms with Crippen LogP contribution >= 0.6 is 11.8 Å². The first kappa shape index (κ1) is 19.5. The van der Waals surface area contributed by atoms with Crippen LogP contribution in [-0.4, -0.2) is 27.2 Å². The summed E-state index contributed by atoms with van der Waals surface area (Å²) in [5.74, 6) is 0.367. The topological polar surface area (TPSA) is 55.2 Å². The predicted molar refractivity (Wildman–Crippen MR) is 89.2 cm³/mol. The molecule has 1 N–H and O–H groups in total. The van der Waals surface area contributed by atoms with Crippen LogP contribution < -0.4 is 4.74 Å². The zero-order valence-electron chi connectivity index (χ0n) is 14.0. The number of thioether (sulfide) groups is 1. The molecular weight excluding hydrogens is 353 g/mol. The Balaban J connectivity index is 2.14.